The van der Waals surface area contributed by atoms with Crippen LogP contribution in [0.25, 0.3) is 11.3 Å². The van der Waals surface area contributed by atoms with Crippen LogP contribution in [0.5, 0.6) is 0 Å². The Balaban J connectivity index is 1.82. The van der Waals surface area contributed by atoms with E-state index < -0.39 is 10.0 Å². The van der Waals surface area contributed by atoms with Crippen molar-refractivity contribution in [3.8, 4) is 11.3 Å². The average Bonchev–Trinajstić information content (AvgIpc) is 2.88. The molecule has 1 aromatic heterocycles. The molecule has 0 bridgehead atoms. The first-order valence-corrected chi connectivity index (χ1v) is 10.8. The molecule has 1 aliphatic rings. The molecule has 0 aliphatic carbocycles. The third-order valence-electron chi connectivity index (χ3n) is 4.17. The normalized spacial score (nSPS) is 18.6. The lowest BCUT2D eigenvalue weighted by Gasteiger charge is -2.30. The van der Waals surface area contributed by atoms with Crippen LogP contribution in [0.15, 0.2) is 24.3 Å². The smallest absolute Gasteiger partial charge is 0.229 e. The highest BCUT2D eigenvalue weighted by Gasteiger charge is 2.20. The van der Waals surface area contributed by atoms with Crippen molar-refractivity contribution in [3.05, 3.63) is 29.1 Å². The van der Waals surface area contributed by atoms with Crippen LogP contribution in [0.4, 0.5) is 10.8 Å². The average molecular weight is 366 g/mol. The molecule has 0 radical (unpaired) electrons. The van der Waals surface area contributed by atoms with Crippen LogP contribution in [0.3, 0.4) is 0 Å². The predicted molar refractivity (Wildman–Crippen MR) is 101 cm³/mol. The first-order chi connectivity index (χ1) is 11.3. The minimum absolute atomic E-state index is 0.569. The van der Waals surface area contributed by atoms with Gasteiger partial charge in [-0.25, -0.2) is 13.4 Å². The molecule has 2 heterocycles. The number of aromatic nitrogens is 1. The third kappa shape index (κ3) is 4.08. The number of nitrogens with zero attached hydrogens (tertiary/aromatic N) is 2. The zero-order chi connectivity index (χ0) is 17.3. The second-order valence-corrected chi connectivity index (χ2v) is 9.48. The molecule has 1 atom stereocenters. The Kier molecular flexibility index (Phi) is 4.83. The van der Waals surface area contributed by atoms with Crippen molar-refractivity contribution in [1.82, 2.24) is 4.98 Å². The maximum atomic E-state index is 11.3. The van der Waals surface area contributed by atoms with Crippen molar-refractivity contribution in [2.75, 3.05) is 29.0 Å². The number of hydrogen-bond acceptors (Lipinski definition) is 5. The van der Waals surface area contributed by atoms with Crippen LogP contribution < -0.4 is 9.62 Å². The van der Waals surface area contributed by atoms with Crippen LogP contribution in [0.1, 0.15) is 24.6 Å². The summed E-state index contributed by atoms with van der Waals surface area (Å²) in [7, 11) is -3.25. The van der Waals surface area contributed by atoms with Crippen LogP contribution in [-0.2, 0) is 10.0 Å². The van der Waals surface area contributed by atoms with E-state index in [1.807, 2.05) is 12.1 Å². The Labute approximate surface area is 147 Å². The van der Waals surface area contributed by atoms with Crippen molar-refractivity contribution in [1.29, 1.82) is 0 Å². The van der Waals surface area contributed by atoms with Crippen LogP contribution in [0.2, 0.25) is 0 Å². The molecule has 1 fully saturated rings. The quantitative estimate of drug-likeness (QED) is 0.897. The Hall–Kier alpha value is -1.60. The van der Waals surface area contributed by atoms with Crippen molar-refractivity contribution in [2.24, 2.45) is 5.92 Å². The van der Waals surface area contributed by atoms with E-state index >= 15 is 0 Å². The van der Waals surface area contributed by atoms with Gasteiger partial charge in [-0.05, 0) is 37.8 Å². The minimum atomic E-state index is -3.25. The van der Waals surface area contributed by atoms with Gasteiger partial charge < -0.3 is 4.90 Å². The molecule has 3 rings (SSSR count). The Morgan fingerprint density at radius 1 is 1.29 bits per heavy atom. The van der Waals surface area contributed by atoms with Gasteiger partial charge in [0.15, 0.2) is 5.13 Å². The number of hydrogen-bond donors (Lipinski definition) is 1. The van der Waals surface area contributed by atoms with Gasteiger partial charge in [0.05, 0.1) is 11.9 Å². The lowest BCUT2D eigenvalue weighted by Crippen LogP contribution is -2.34. The number of thiazole rings is 1. The molecule has 0 amide bonds. The van der Waals surface area contributed by atoms with E-state index in [1.165, 1.54) is 17.7 Å². The van der Waals surface area contributed by atoms with Crippen LogP contribution in [0, 0.1) is 12.8 Å². The zero-order valence-corrected chi connectivity index (χ0v) is 15.9. The fourth-order valence-corrected chi connectivity index (χ4v) is 4.59. The second kappa shape index (κ2) is 6.72. The highest BCUT2D eigenvalue weighted by atomic mass is 32.2. The summed E-state index contributed by atoms with van der Waals surface area (Å²) in [6.45, 7) is 6.53. The number of sulfonamides is 1. The summed E-state index contributed by atoms with van der Waals surface area (Å²) in [5, 5.41) is 1.09. The first-order valence-electron chi connectivity index (χ1n) is 8.12. The van der Waals surface area contributed by atoms with E-state index in [0.29, 0.717) is 11.6 Å². The van der Waals surface area contributed by atoms with E-state index in [9.17, 15) is 8.42 Å². The summed E-state index contributed by atoms with van der Waals surface area (Å²) in [4.78, 5) is 8.42. The lowest BCUT2D eigenvalue weighted by atomic mass is 10.0. The number of piperidine rings is 1. The number of aryl methyl sites for hydroxylation is 1. The predicted octanol–water partition coefficient (Wildman–Crippen LogP) is 3.73. The number of rotatable bonds is 4. The van der Waals surface area contributed by atoms with E-state index in [-0.39, 0.29) is 0 Å². The summed E-state index contributed by atoms with van der Waals surface area (Å²) >= 11 is 1.74. The molecular weight excluding hydrogens is 342 g/mol. The molecule has 1 N–H and O–H groups in total. The van der Waals surface area contributed by atoms with Gasteiger partial charge in [0.2, 0.25) is 10.0 Å². The number of anilines is 2. The Morgan fingerprint density at radius 3 is 2.62 bits per heavy atom. The minimum Gasteiger partial charge on any atom is -0.348 e. The molecule has 7 heteroatoms. The molecule has 1 unspecified atom stereocenters. The van der Waals surface area contributed by atoms with E-state index in [1.54, 1.807) is 23.5 Å². The lowest BCUT2D eigenvalue weighted by molar-refractivity contribution is 0.446. The summed E-state index contributed by atoms with van der Waals surface area (Å²) in [5.41, 5.74) is 2.57. The second-order valence-electron chi connectivity index (χ2n) is 6.55. The molecule has 24 heavy (non-hydrogen) atoms. The number of benzene rings is 1. The van der Waals surface area contributed by atoms with Gasteiger partial charge in [-0.1, -0.05) is 19.1 Å². The Morgan fingerprint density at radius 2 is 2.00 bits per heavy atom. The van der Waals surface area contributed by atoms with Crippen molar-refractivity contribution in [2.45, 2.75) is 26.7 Å². The standard InChI is InChI=1S/C17H23N3O2S2/c1-12-5-4-10-20(11-12)17-18-16(13(2)23-17)14-6-8-15(9-7-14)19-24(3,21)22/h6-9,12,19H,4-5,10-11H2,1-3H3. The van der Waals surface area contributed by atoms with Crippen LogP contribution in [-0.4, -0.2) is 32.7 Å². The molecule has 0 spiro atoms. The maximum absolute atomic E-state index is 11.3. The number of nitrogens with one attached hydrogen (secondary N) is 1. The largest absolute Gasteiger partial charge is 0.348 e. The van der Waals surface area contributed by atoms with Crippen molar-refractivity contribution < 1.29 is 8.42 Å². The molecule has 130 valence electrons. The summed E-state index contributed by atoms with van der Waals surface area (Å²) in [5.74, 6) is 0.716. The molecule has 5 nitrogen and oxygen atoms in total. The SMILES string of the molecule is Cc1sc(N2CCCC(C)C2)nc1-c1ccc(NS(C)(=O)=O)cc1. The molecule has 0 saturated carbocycles. The van der Waals surface area contributed by atoms with Gasteiger partial charge in [0, 0.05) is 29.2 Å². The summed E-state index contributed by atoms with van der Waals surface area (Å²) in [6, 6.07) is 7.38. The van der Waals surface area contributed by atoms with Gasteiger partial charge >= 0.3 is 0 Å². The summed E-state index contributed by atoms with van der Waals surface area (Å²) in [6.07, 6.45) is 3.67. The maximum Gasteiger partial charge on any atom is 0.229 e. The van der Waals surface area contributed by atoms with Gasteiger partial charge in [-0.2, -0.15) is 0 Å². The van der Waals surface area contributed by atoms with E-state index in [2.05, 4.69) is 23.5 Å². The van der Waals surface area contributed by atoms with Gasteiger partial charge in [0.25, 0.3) is 0 Å². The zero-order valence-electron chi connectivity index (χ0n) is 14.2. The highest BCUT2D eigenvalue weighted by Crippen LogP contribution is 2.34. The van der Waals surface area contributed by atoms with Gasteiger partial charge in [0.1, 0.15) is 0 Å². The monoisotopic (exact) mass is 365 g/mol. The third-order valence-corrected chi connectivity index (χ3v) is 5.81. The molecular formula is C17H23N3O2S2. The van der Waals surface area contributed by atoms with Gasteiger partial charge in [-0.15, -0.1) is 11.3 Å². The molecule has 1 saturated heterocycles. The molecule has 1 aliphatic heterocycles. The van der Waals surface area contributed by atoms with E-state index in [4.69, 9.17) is 4.98 Å². The first kappa shape index (κ1) is 17.2. The van der Waals surface area contributed by atoms with Crippen molar-refractivity contribution in [3.63, 3.8) is 0 Å². The van der Waals surface area contributed by atoms with Crippen LogP contribution >= 0.6 is 11.3 Å². The van der Waals surface area contributed by atoms with E-state index in [0.717, 1.165) is 35.7 Å². The Bertz CT molecular complexity index is 813. The topological polar surface area (TPSA) is 62.3 Å². The highest BCUT2D eigenvalue weighted by molar-refractivity contribution is 7.92. The summed E-state index contributed by atoms with van der Waals surface area (Å²) < 4.78 is 25.1. The molecule has 1 aromatic carbocycles. The van der Waals surface area contributed by atoms with Crippen molar-refractivity contribution >= 4 is 32.2 Å². The fraction of sp³-hybridized carbons (Fsp3) is 0.471. The van der Waals surface area contributed by atoms with Gasteiger partial charge in [-0.3, -0.25) is 4.72 Å². The fourth-order valence-electron chi connectivity index (χ4n) is 3.06. The molecule has 2 aromatic rings.